The minimum Gasteiger partial charge on any atom is -0.465 e. The number of amides is 3. The predicted octanol–water partition coefficient (Wildman–Crippen LogP) is 3.78. The quantitative estimate of drug-likeness (QED) is 0.646. The Kier molecular flexibility index (Phi) is 7.87. The van der Waals surface area contributed by atoms with Crippen LogP contribution in [0.1, 0.15) is 59.1 Å². The van der Waals surface area contributed by atoms with Crippen LogP contribution in [0.5, 0.6) is 0 Å². The fourth-order valence-corrected chi connectivity index (χ4v) is 3.94. The van der Waals surface area contributed by atoms with Gasteiger partial charge in [-0.2, -0.15) is 0 Å². The number of benzene rings is 1. The number of carboxylic acid groups (broad SMARTS) is 1. The van der Waals surface area contributed by atoms with Crippen molar-refractivity contribution in [3.63, 3.8) is 0 Å². The Morgan fingerprint density at radius 2 is 1.68 bits per heavy atom. The summed E-state index contributed by atoms with van der Waals surface area (Å²) in [6, 6.07) is 6.77. The lowest BCUT2D eigenvalue weighted by Crippen LogP contribution is -2.56. The summed E-state index contributed by atoms with van der Waals surface area (Å²) in [5, 5.41) is 12.5. The summed E-state index contributed by atoms with van der Waals surface area (Å²) >= 11 is 0. The highest BCUT2D eigenvalue weighted by atomic mass is 16.4. The van der Waals surface area contributed by atoms with Gasteiger partial charge in [-0.05, 0) is 51.2 Å². The Morgan fingerprint density at radius 1 is 1.13 bits per heavy atom. The van der Waals surface area contributed by atoms with Crippen molar-refractivity contribution >= 4 is 17.9 Å². The second-order valence-corrected chi connectivity index (χ2v) is 9.57. The Hall–Kier alpha value is -2.83. The lowest BCUT2D eigenvalue weighted by Gasteiger charge is -2.37. The molecule has 0 fully saturated rings. The Morgan fingerprint density at radius 3 is 2.13 bits per heavy atom. The number of carbonyl (C=O) groups is 3. The number of fused-ring (bicyclic) bond motifs is 1. The Bertz CT molecular complexity index is 816. The summed E-state index contributed by atoms with van der Waals surface area (Å²) in [6.07, 6.45) is 2.74. The van der Waals surface area contributed by atoms with Crippen LogP contribution in [0.3, 0.4) is 0 Å². The number of carbonyl (C=O) groups excluding carboxylic acids is 2. The van der Waals surface area contributed by atoms with E-state index < -0.39 is 17.7 Å². The summed E-state index contributed by atoms with van der Waals surface area (Å²) in [7, 11) is 0. The minimum absolute atomic E-state index is 0.103. The molecular formula is C24H35N3O4. The Balaban J connectivity index is 2.07. The van der Waals surface area contributed by atoms with Gasteiger partial charge in [0, 0.05) is 30.7 Å². The maximum atomic E-state index is 12.8. The van der Waals surface area contributed by atoms with Crippen LogP contribution < -0.4 is 5.32 Å². The van der Waals surface area contributed by atoms with Gasteiger partial charge >= 0.3 is 6.09 Å². The van der Waals surface area contributed by atoms with Gasteiger partial charge in [-0.25, -0.2) is 4.79 Å². The average molecular weight is 430 g/mol. The third-order valence-corrected chi connectivity index (χ3v) is 5.37. The molecule has 0 radical (unpaired) electrons. The van der Waals surface area contributed by atoms with Crippen LogP contribution in [0.4, 0.5) is 4.79 Å². The van der Waals surface area contributed by atoms with Crippen LogP contribution in [0.15, 0.2) is 36.4 Å². The van der Waals surface area contributed by atoms with Gasteiger partial charge in [0.15, 0.2) is 0 Å². The molecule has 0 saturated carbocycles. The molecule has 31 heavy (non-hydrogen) atoms. The van der Waals surface area contributed by atoms with Crippen LogP contribution in [0.25, 0.3) is 0 Å². The van der Waals surface area contributed by atoms with E-state index in [0.717, 1.165) is 16.0 Å². The molecule has 1 aromatic rings. The van der Waals surface area contributed by atoms with E-state index in [1.165, 1.54) is 6.08 Å². The second-order valence-electron chi connectivity index (χ2n) is 9.57. The van der Waals surface area contributed by atoms with Crippen molar-refractivity contribution in [3.8, 4) is 0 Å². The van der Waals surface area contributed by atoms with Gasteiger partial charge in [0.25, 0.3) is 0 Å². The predicted molar refractivity (Wildman–Crippen MR) is 120 cm³/mol. The smallest absolute Gasteiger partial charge is 0.408 e. The summed E-state index contributed by atoms with van der Waals surface area (Å²) in [5.41, 5.74) is 1.59. The molecule has 1 aromatic carbocycles. The van der Waals surface area contributed by atoms with E-state index in [0.29, 0.717) is 19.5 Å². The van der Waals surface area contributed by atoms with E-state index >= 15 is 0 Å². The molecule has 2 atom stereocenters. The third kappa shape index (κ3) is 6.57. The first-order chi connectivity index (χ1) is 14.4. The summed E-state index contributed by atoms with van der Waals surface area (Å²) in [5.74, 6) is -0.197. The van der Waals surface area contributed by atoms with Crippen LogP contribution in [0, 0.1) is 5.92 Å². The van der Waals surface area contributed by atoms with Gasteiger partial charge < -0.3 is 15.3 Å². The number of hydrogen-bond donors (Lipinski definition) is 2. The topological polar surface area (TPSA) is 90.0 Å². The molecule has 1 aliphatic rings. The summed E-state index contributed by atoms with van der Waals surface area (Å²) in [6.45, 7) is 12.1. The monoisotopic (exact) mass is 429 g/mol. The van der Waals surface area contributed by atoms with E-state index in [1.807, 2.05) is 38.1 Å². The highest BCUT2D eigenvalue weighted by Crippen LogP contribution is 2.22. The molecule has 0 aromatic heterocycles. The van der Waals surface area contributed by atoms with Crippen molar-refractivity contribution in [1.29, 1.82) is 0 Å². The first-order valence-corrected chi connectivity index (χ1v) is 10.8. The lowest BCUT2D eigenvalue weighted by molar-refractivity contribution is -0.128. The SMILES string of the molecule is CC(C)C[C@@H](/C=C/C(=O)N1Cc2ccccc2C1)NC(=O)[C@H](C)N(C(=O)O)C(C)(C)C. The highest BCUT2D eigenvalue weighted by molar-refractivity contribution is 5.89. The van der Waals surface area contributed by atoms with Gasteiger partial charge in [-0.1, -0.05) is 44.2 Å². The molecule has 170 valence electrons. The number of rotatable bonds is 7. The van der Waals surface area contributed by atoms with E-state index in [1.54, 1.807) is 38.7 Å². The second kappa shape index (κ2) is 9.98. The largest absolute Gasteiger partial charge is 0.465 e. The fourth-order valence-electron chi connectivity index (χ4n) is 3.94. The standard InChI is InChI=1S/C24H35N3O4/c1-16(2)13-20(25-22(29)17(3)27(23(30)31)24(4,5)6)11-12-21(28)26-14-18-9-7-8-10-19(18)15-26/h7-12,16-17,20H,13-15H2,1-6H3,(H,25,29)(H,30,31)/b12-11+/t17-,20+/m0/s1. The molecule has 7 heteroatoms. The van der Waals surface area contributed by atoms with E-state index in [2.05, 4.69) is 5.32 Å². The number of nitrogens with one attached hydrogen (secondary N) is 1. The van der Waals surface area contributed by atoms with Crippen LogP contribution in [-0.2, 0) is 22.7 Å². The molecule has 2 rings (SSSR count). The Labute approximate surface area is 185 Å². The molecule has 0 aliphatic carbocycles. The maximum Gasteiger partial charge on any atom is 0.408 e. The molecule has 1 heterocycles. The van der Waals surface area contributed by atoms with E-state index in [9.17, 15) is 19.5 Å². The normalized spacial score (nSPS) is 15.6. The van der Waals surface area contributed by atoms with E-state index in [4.69, 9.17) is 0 Å². The average Bonchev–Trinajstić information content (AvgIpc) is 3.08. The fraction of sp³-hybridized carbons (Fsp3) is 0.542. The summed E-state index contributed by atoms with van der Waals surface area (Å²) < 4.78 is 0. The van der Waals surface area contributed by atoms with Crippen molar-refractivity contribution in [2.45, 2.75) is 78.7 Å². The van der Waals surface area contributed by atoms with Crippen molar-refractivity contribution in [1.82, 2.24) is 15.1 Å². The zero-order valence-electron chi connectivity index (χ0n) is 19.4. The minimum atomic E-state index is -1.14. The van der Waals surface area contributed by atoms with Gasteiger partial charge in [-0.3, -0.25) is 14.5 Å². The van der Waals surface area contributed by atoms with Crippen LogP contribution >= 0.6 is 0 Å². The number of hydrogen-bond acceptors (Lipinski definition) is 3. The molecule has 0 saturated heterocycles. The number of nitrogens with zero attached hydrogens (tertiary/aromatic N) is 2. The summed E-state index contributed by atoms with van der Waals surface area (Å²) in [4.78, 5) is 40.1. The zero-order chi connectivity index (χ0) is 23.3. The van der Waals surface area contributed by atoms with Crippen LogP contribution in [-0.4, -0.2) is 50.4 Å². The molecule has 3 amide bonds. The molecule has 2 N–H and O–H groups in total. The first-order valence-electron chi connectivity index (χ1n) is 10.8. The molecule has 1 aliphatic heterocycles. The third-order valence-electron chi connectivity index (χ3n) is 5.37. The van der Waals surface area contributed by atoms with Gasteiger partial charge in [0.2, 0.25) is 11.8 Å². The zero-order valence-corrected chi connectivity index (χ0v) is 19.4. The van der Waals surface area contributed by atoms with E-state index in [-0.39, 0.29) is 23.8 Å². The molecule has 0 spiro atoms. The lowest BCUT2D eigenvalue weighted by atomic mass is 10.0. The van der Waals surface area contributed by atoms with Gasteiger partial charge in [0.1, 0.15) is 6.04 Å². The first kappa shape index (κ1) is 24.4. The highest BCUT2D eigenvalue weighted by Gasteiger charge is 2.35. The van der Waals surface area contributed by atoms with Gasteiger partial charge in [-0.15, -0.1) is 0 Å². The molecule has 0 unspecified atom stereocenters. The van der Waals surface area contributed by atoms with Gasteiger partial charge in [0.05, 0.1) is 0 Å². The van der Waals surface area contributed by atoms with Crippen molar-refractivity contribution in [2.24, 2.45) is 5.92 Å². The molecule has 7 nitrogen and oxygen atoms in total. The molecular weight excluding hydrogens is 394 g/mol. The van der Waals surface area contributed by atoms with Crippen molar-refractivity contribution < 1.29 is 19.5 Å². The molecule has 0 bridgehead atoms. The maximum absolute atomic E-state index is 12.8. The van der Waals surface area contributed by atoms with Crippen molar-refractivity contribution in [3.05, 3.63) is 47.5 Å². The van der Waals surface area contributed by atoms with Crippen molar-refractivity contribution in [2.75, 3.05) is 0 Å². The van der Waals surface area contributed by atoms with Crippen LogP contribution in [0.2, 0.25) is 0 Å².